The molecule has 4 nitrogen and oxygen atoms in total. The number of Topliss-reactive ketones (excluding diaryl/α,β-unsaturated/α-hetero) is 1. The summed E-state index contributed by atoms with van der Waals surface area (Å²) in [6, 6.07) is 7.51. The molecule has 0 fully saturated rings. The van der Waals surface area contributed by atoms with Gasteiger partial charge in [-0.25, -0.2) is 0 Å². The fourth-order valence-electron chi connectivity index (χ4n) is 1.75. The van der Waals surface area contributed by atoms with Gasteiger partial charge in [-0.2, -0.15) is 0 Å². The lowest BCUT2D eigenvalue weighted by atomic mass is 10.1. The molecule has 1 N–H and O–H groups in total. The molecule has 18 heavy (non-hydrogen) atoms. The van der Waals surface area contributed by atoms with E-state index in [0.717, 1.165) is 5.56 Å². The van der Waals surface area contributed by atoms with E-state index in [2.05, 4.69) is 0 Å². The summed E-state index contributed by atoms with van der Waals surface area (Å²) in [5.74, 6) is 0.0575. The molecule has 1 unspecified atom stereocenters. The number of carbonyl (C=O) groups excluding carboxylic acids is 1. The molecular weight excluding hydrogens is 230 g/mol. The van der Waals surface area contributed by atoms with Crippen molar-refractivity contribution < 1.29 is 14.6 Å². The summed E-state index contributed by atoms with van der Waals surface area (Å²) in [4.78, 5) is 13.7. The molecule has 4 heteroatoms. The van der Waals surface area contributed by atoms with Gasteiger partial charge in [0.15, 0.2) is 5.78 Å². The van der Waals surface area contributed by atoms with E-state index in [4.69, 9.17) is 4.74 Å². The molecule has 1 aromatic rings. The van der Waals surface area contributed by atoms with Gasteiger partial charge in [-0.05, 0) is 14.0 Å². The highest BCUT2D eigenvalue weighted by molar-refractivity contribution is 5.97. The number of benzene rings is 1. The summed E-state index contributed by atoms with van der Waals surface area (Å²) in [5, 5.41) is 9.56. The first-order chi connectivity index (χ1) is 8.52. The number of ketones is 1. The third-order valence-electron chi connectivity index (χ3n) is 2.67. The fraction of sp³-hybridized carbons (Fsp3) is 0.500. The maximum atomic E-state index is 12.0. The Morgan fingerprint density at radius 1 is 1.39 bits per heavy atom. The highest BCUT2D eigenvalue weighted by Gasteiger charge is 2.12. The van der Waals surface area contributed by atoms with Crippen LogP contribution in [-0.2, 0) is 4.74 Å². The zero-order valence-corrected chi connectivity index (χ0v) is 11.2. The Bertz CT molecular complexity index is 375. The van der Waals surface area contributed by atoms with E-state index in [-0.39, 0.29) is 12.4 Å². The average molecular weight is 251 g/mol. The summed E-state index contributed by atoms with van der Waals surface area (Å²) < 4.78 is 4.85. The maximum Gasteiger partial charge on any atom is 0.176 e. The molecule has 0 aliphatic carbocycles. The summed E-state index contributed by atoms with van der Waals surface area (Å²) in [6.07, 6.45) is -0.564. The molecule has 1 rings (SSSR count). The Kier molecular flexibility index (Phi) is 5.98. The molecule has 0 radical (unpaired) electrons. The number of ether oxygens (including phenoxy) is 1. The van der Waals surface area contributed by atoms with E-state index >= 15 is 0 Å². The number of hydrogen-bond acceptors (Lipinski definition) is 4. The van der Waals surface area contributed by atoms with Crippen LogP contribution < -0.4 is 0 Å². The van der Waals surface area contributed by atoms with Gasteiger partial charge < -0.3 is 9.84 Å². The van der Waals surface area contributed by atoms with E-state index in [1.54, 1.807) is 12.0 Å². The molecule has 0 amide bonds. The van der Waals surface area contributed by atoms with Crippen molar-refractivity contribution >= 4 is 5.78 Å². The first-order valence-electron chi connectivity index (χ1n) is 5.98. The van der Waals surface area contributed by atoms with Gasteiger partial charge in [0.25, 0.3) is 0 Å². The lowest BCUT2D eigenvalue weighted by Gasteiger charge is -2.19. The second-order valence-corrected chi connectivity index (χ2v) is 4.60. The number of rotatable bonds is 7. The van der Waals surface area contributed by atoms with Crippen LogP contribution in [0.25, 0.3) is 0 Å². The Labute approximate surface area is 108 Å². The van der Waals surface area contributed by atoms with Crippen molar-refractivity contribution in [3.8, 4) is 0 Å². The molecule has 0 aliphatic heterocycles. The van der Waals surface area contributed by atoms with Crippen molar-refractivity contribution in [1.29, 1.82) is 0 Å². The summed E-state index contributed by atoms with van der Waals surface area (Å²) in [5.41, 5.74) is 1.84. The molecule has 0 aromatic heterocycles. The van der Waals surface area contributed by atoms with Gasteiger partial charge in [-0.1, -0.05) is 29.8 Å². The zero-order chi connectivity index (χ0) is 13.5. The Balaban J connectivity index is 2.46. The number of hydrogen-bond donors (Lipinski definition) is 1. The number of likely N-dealkylation sites (N-methyl/N-ethyl adjacent to an activating group) is 1. The minimum Gasteiger partial charge on any atom is -0.389 e. The smallest absolute Gasteiger partial charge is 0.176 e. The average Bonchev–Trinajstić information content (AvgIpc) is 2.29. The minimum atomic E-state index is -0.564. The quantitative estimate of drug-likeness (QED) is 0.738. The van der Waals surface area contributed by atoms with E-state index in [1.807, 2.05) is 38.2 Å². The molecule has 0 heterocycles. The van der Waals surface area contributed by atoms with Gasteiger partial charge >= 0.3 is 0 Å². The molecule has 1 aromatic carbocycles. The first kappa shape index (κ1) is 14.8. The van der Waals surface area contributed by atoms with Crippen molar-refractivity contribution in [2.75, 3.05) is 33.9 Å². The van der Waals surface area contributed by atoms with Crippen LogP contribution in [0.5, 0.6) is 0 Å². The second-order valence-electron chi connectivity index (χ2n) is 4.60. The number of aliphatic hydroxyl groups is 1. The summed E-state index contributed by atoms with van der Waals surface area (Å²) in [7, 11) is 3.35. The second kappa shape index (κ2) is 7.26. The Hall–Kier alpha value is -1.23. The highest BCUT2D eigenvalue weighted by atomic mass is 16.5. The van der Waals surface area contributed by atoms with Gasteiger partial charge in [-0.3, -0.25) is 9.69 Å². The Morgan fingerprint density at radius 3 is 2.56 bits per heavy atom. The van der Waals surface area contributed by atoms with Gasteiger partial charge in [-0.15, -0.1) is 0 Å². The molecule has 0 aliphatic rings. The van der Waals surface area contributed by atoms with Crippen LogP contribution in [0.15, 0.2) is 24.3 Å². The van der Waals surface area contributed by atoms with Gasteiger partial charge in [0.1, 0.15) is 0 Å². The number of aryl methyl sites for hydroxylation is 1. The van der Waals surface area contributed by atoms with Crippen LogP contribution >= 0.6 is 0 Å². The van der Waals surface area contributed by atoms with Crippen molar-refractivity contribution in [1.82, 2.24) is 4.90 Å². The zero-order valence-electron chi connectivity index (χ0n) is 11.2. The van der Waals surface area contributed by atoms with Crippen molar-refractivity contribution in [2.45, 2.75) is 13.0 Å². The van der Waals surface area contributed by atoms with Crippen LogP contribution in [0.1, 0.15) is 15.9 Å². The first-order valence-corrected chi connectivity index (χ1v) is 5.98. The third kappa shape index (κ3) is 4.96. The van der Waals surface area contributed by atoms with E-state index in [9.17, 15) is 9.90 Å². The summed E-state index contributed by atoms with van der Waals surface area (Å²) in [6.45, 7) is 2.99. The molecule has 1 atom stereocenters. The van der Waals surface area contributed by atoms with E-state index in [1.165, 1.54) is 0 Å². The maximum absolute atomic E-state index is 12.0. The highest BCUT2D eigenvalue weighted by Crippen LogP contribution is 2.05. The number of carbonyl (C=O) groups is 1. The molecular formula is C14H21NO3. The molecule has 0 spiro atoms. The van der Waals surface area contributed by atoms with Crippen molar-refractivity contribution in [3.63, 3.8) is 0 Å². The normalized spacial score (nSPS) is 12.7. The lowest BCUT2D eigenvalue weighted by molar-refractivity contribution is 0.0427. The van der Waals surface area contributed by atoms with Crippen molar-refractivity contribution in [2.24, 2.45) is 0 Å². The largest absolute Gasteiger partial charge is 0.389 e. The monoisotopic (exact) mass is 251 g/mol. The minimum absolute atomic E-state index is 0.0575. The van der Waals surface area contributed by atoms with E-state index in [0.29, 0.717) is 18.7 Å². The molecule has 0 bridgehead atoms. The van der Waals surface area contributed by atoms with Crippen LogP contribution in [-0.4, -0.2) is 55.7 Å². The Morgan fingerprint density at radius 2 is 2.00 bits per heavy atom. The number of nitrogens with zero attached hydrogens (tertiary/aromatic N) is 1. The molecule has 0 saturated heterocycles. The fourth-order valence-corrected chi connectivity index (χ4v) is 1.75. The third-order valence-corrected chi connectivity index (χ3v) is 2.67. The topological polar surface area (TPSA) is 49.8 Å². The molecule has 0 saturated carbocycles. The van der Waals surface area contributed by atoms with E-state index < -0.39 is 6.10 Å². The summed E-state index contributed by atoms with van der Waals surface area (Å²) >= 11 is 0. The van der Waals surface area contributed by atoms with Gasteiger partial charge in [0, 0.05) is 19.2 Å². The van der Waals surface area contributed by atoms with Gasteiger partial charge in [0.2, 0.25) is 0 Å². The predicted octanol–water partition coefficient (Wildman–Crippen LogP) is 1.12. The number of aliphatic hydroxyl groups excluding tert-OH is 1. The SMILES string of the molecule is COCC(O)CN(C)CC(=O)c1ccc(C)cc1. The molecule has 100 valence electrons. The van der Waals surface area contributed by atoms with Crippen LogP contribution in [0.2, 0.25) is 0 Å². The lowest BCUT2D eigenvalue weighted by Crippen LogP contribution is -2.35. The standard InChI is InChI=1S/C14H21NO3/c1-11-4-6-12(7-5-11)14(17)9-15(2)8-13(16)10-18-3/h4-7,13,16H,8-10H2,1-3H3. The predicted molar refractivity (Wildman–Crippen MR) is 70.9 cm³/mol. The van der Waals surface area contributed by atoms with Gasteiger partial charge in [0.05, 0.1) is 19.3 Å². The number of methoxy groups -OCH3 is 1. The van der Waals surface area contributed by atoms with Crippen LogP contribution in [0.4, 0.5) is 0 Å². The van der Waals surface area contributed by atoms with Crippen LogP contribution in [0.3, 0.4) is 0 Å². The van der Waals surface area contributed by atoms with Crippen LogP contribution in [0, 0.1) is 6.92 Å². The van der Waals surface area contributed by atoms with Crippen molar-refractivity contribution in [3.05, 3.63) is 35.4 Å².